The molecular formula is C12H19N3OS. The molecule has 0 aliphatic heterocycles. The summed E-state index contributed by atoms with van der Waals surface area (Å²) in [7, 11) is 1.82. The van der Waals surface area contributed by atoms with E-state index in [4.69, 9.17) is 5.73 Å². The first-order valence-corrected chi connectivity index (χ1v) is 6.93. The smallest absolute Gasteiger partial charge is 0.255 e. The van der Waals surface area contributed by atoms with Crippen molar-refractivity contribution in [2.45, 2.75) is 19.4 Å². The number of amides is 1. The summed E-state index contributed by atoms with van der Waals surface area (Å²) in [5.74, 6) is 1.48. The van der Waals surface area contributed by atoms with E-state index < -0.39 is 0 Å². The summed E-state index contributed by atoms with van der Waals surface area (Å²) in [6, 6.07) is 3.59. The van der Waals surface area contributed by atoms with E-state index in [2.05, 4.69) is 18.2 Å². The van der Waals surface area contributed by atoms with Gasteiger partial charge in [-0.25, -0.2) is 4.98 Å². The van der Waals surface area contributed by atoms with Gasteiger partial charge in [0.25, 0.3) is 5.91 Å². The summed E-state index contributed by atoms with van der Waals surface area (Å²) < 4.78 is 0. The molecular weight excluding hydrogens is 234 g/mol. The van der Waals surface area contributed by atoms with Crippen molar-refractivity contribution in [1.82, 2.24) is 9.88 Å². The molecule has 4 nitrogen and oxygen atoms in total. The summed E-state index contributed by atoms with van der Waals surface area (Å²) >= 11 is 1.79. The molecule has 0 aliphatic rings. The molecule has 1 atom stereocenters. The topological polar surface area (TPSA) is 59.2 Å². The Morgan fingerprint density at radius 1 is 1.59 bits per heavy atom. The fourth-order valence-corrected chi connectivity index (χ4v) is 1.99. The number of hydrogen-bond acceptors (Lipinski definition) is 4. The van der Waals surface area contributed by atoms with Crippen LogP contribution in [0.1, 0.15) is 23.7 Å². The molecule has 94 valence electrons. The molecule has 0 aliphatic carbocycles. The molecule has 0 bridgehead atoms. The van der Waals surface area contributed by atoms with Crippen LogP contribution in [-0.2, 0) is 0 Å². The van der Waals surface area contributed by atoms with Crippen LogP contribution in [0.5, 0.6) is 0 Å². The molecule has 0 saturated carbocycles. The van der Waals surface area contributed by atoms with E-state index in [0.29, 0.717) is 11.4 Å². The minimum atomic E-state index is -0.00824. The molecule has 0 spiro atoms. The van der Waals surface area contributed by atoms with E-state index in [1.165, 1.54) is 6.20 Å². The van der Waals surface area contributed by atoms with Crippen LogP contribution in [0.25, 0.3) is 0 Å². The van der Waals surface area contributed by atoms with Gasteiger partial charge in [0.2, 0.25) is 0 Å². The van der Waals surface area contributed by atoms with Gasteiger partial charge in [-0.05, 0) is 37.5 Å². The Hall–Kier alpha value is -1.23. The van der Waals surface area contributed by atoms with Gasteiger partial charge in [-0.2, -0.15) is 11.8 Å². The van der Waals surface area contributed by atoms with Crippen LogP contribution in [0, 0.1) is 0 Å². The number of thioether (sulfide) groups is 1. The van der Waals surface area contributed by atoms with E-state index in [-0.39, 0.29) is 11.9 Å². The number of aromatic nitrogens is 1. The lowest BCUT2D eigenvalue weighted by atomic mass is 10.2. The first-order chi connectivity index (χ1) is 8.06. The molecule has 1 rings (SSSR count). The maximum Gasteiger partial charge on any atom is 0.255 e. The van der Waals surface area contributed by atoms with Crippen molar-refractivity contribution in [2.75, 3.05) is 24.8 Å². The Kier molecular flexibility index (Phi) is 5.28. The van der Waals surface area contributed by atoms with Gasteiger partial charge in [0.1, 0.15) is 5.82 Å². The summed E-state index contributed by atoms with van der Waals surface area (Å²) in [5, 5.41) is 0. The molecule has 5 heteroatoms. The van der Waals surface area contributed by atoms with Crippen LogP contribution in [0.2, 0.25) is 0 Å². The van der Waals surface area contributed by atoms with Crippen molar-refractivity contribution >= 4 is 23.5 Å². The zero-order valence-electron chi connectivity index (χ0n) is 10.5. The Balaban J connectivity index is 2.65. The van der Waals surface area contributed by atoms with Crippen molar-refractivity contribution in [1.29, 1.82) is 0 Å². The van der Waals surface area contributed by atoms with E-state index >= 15 is 0 Å². The predicted octanol–water partition coefficient (Wildman–Crippen LogP) is 1.88. The van der Waals surface area contributed by atoms with Crippen molar-refractivity contribution < 1.29 is 4.79 Å². The van der Waals surface area contributed by atoms with Gasteiger partial charge in [-0.3, -0.25) is 4.79 Å². The number of nitrogens with zero attached hydrogens (tertiary/aromatic N) is 2. The standard InChI is InChI=1S/C12H19N3OS/c1-9(6-7-17-3)15(2)12(16)10-4-5-11(13)14-8-10/h4-5,8-9H,6-7H2,1-3H3,(H2,13,14). The number of rotatable bonds is 5. The third-order valence-corrected chi connectivity index (χ3v) is 3.40. The van der Waals surface area contributed by atoms with Gasteiger partial charge in [0.15, 0.2) is 0 Å². The second-order valence-electron chi connectivity index (χ2n) is 4.02. The van der Waals surface area contributed by atoms with Gasteiger partial charge in [-0.15, -0.1) is 0 Å². The highest BCUT2D eigenvalue weighted by atomic mass is 32.2. The largest absolute Gasteiger partial charge is 0.384 e. The number of anilines is 1. The summed E-state index contributed by atoms with van der Waals surface area (Å²) in [6.07, 6.45) is 4.58. The second-order valence-corrected chi connectivity index (χ2v) is 5.00. The summed E-state index contributed by atoms with van der Waals surface area (Å²) in [5.41, 5.74) is 6.07. The molecule has 1 aromatic heterocycles. The number of carbonyl (C=O) groups excluding carboxylic acids is 1. The quantitative estimate of drug-likeness (QED) is 0.870. The van der Waals surface area contributed by atoms with E-state index in [0.717, 1.165) is 12.2 Å². The highest BCUT2D eigenvalue weighted by Crippen LogP contribution is 2.11. The van der Waals surface area contributed by atoms with E-state index in [1.54, 1.807) is 28.8 Å². The maximum absolute atomic E-state index is 12.1. The average molecular weight is 253 g/mol. The Morgan fingerprint density at radius 2 is 2.29 bits per heavy atom. The molecule has 17 heavy (non-hydrogen) atoms. The lowest BCUT2D eigenvalue weighted by Crippen LogP contribution is -2.35. The van der Waals surface area contributed by atoms with Crippen LogP contribution in [-0.4, -0.2) is 40.9 Å². The van der Waals surface area contributed by atoms with Crippen molar-refractivity contribution in [2.24, 2.45) is 0 Å². The van der Waals surface area contributed by atoms with Crippen molar-refractivity contribution in [3.63, 3.8) is 0 Å². The van der Waals surface area contributed by atoms with Gasteiger partial charge in [0.05, 0.1) is 5.56 Å². The zero-order valence-corrected chi connectivity index (χ0v) is 11.3. The molecule has 0 fully saturated rings. The van der Waals surface area contributed by atoms with E-state index in [9.17, 15) is 4.79 Å². The SMILES string of the molecule is CSCCC(C)N(C)C(=O)c1ccc(N)nc1. The first-order valence-electron chi connectivity index (χ1n) is 5.54. The lowest BCUT2D eigenvalue weighted by Gasteiger charge is -2.24. The second kappa shape index (κ2) is 6.49. The average Bonchev–Trinajstić information content (AvgIpc) is 2.35. The highest BCUT2D eigenvalue weighted by Gasteiger charge is 2.17. The lowest BCUT2D eigenvalue weighted by molar-refractivity contribution is 0.0741. The molecule has 0 radical (unpaired) electrons. The zero-order chi connectivity index (χ0) is 12.8. The number of nitrogens with two attached hydrogens (primary N) is 1. The van der Waals surface area contributed by atoms with E-state index in [1.807, 2.05) is 7.05 Å². The minimum Gasteiger partial charge on any atom is -0.384 e. The Bertz CT molecular complexity index is 367. The molecule has 0 saturated heterocycles. The van der Waals surface area contributed by atoms with Gasteiger partial charge in [0, 0.05) is 19.3 Å². The van der Waals surface area contributed by atoms with Gasteiger partial charge < -0.3 is 10.6 Å². The number of hydrogen-bond donors (Lipinski definition) is 1. The molecule has 1 heterocycles. The Labute approximate surface area is 107 Å². The number of carbonyl (C=O) groups is 1. The fourth-order valence-electron chi connectivity index (χ4n) is 1.42. The molecule has 1 aromatic rings. The predicted molar refractivity (Wildman–Crippen MR) is 73.2 cm³/mol. The van der Waals surface area contributed by atoms with Crippen LogP contribution < -0.4 is 5.73 Å². The maximum atomic E-state index is 12.1. The van der Waals surface area contributed by atoms with Crippen LogP contribution in [0.15, 0.2) is 18.3 Å². The highest BCUT2D eigenvalue weighted by molar-refractivity contribution is 7.98. The number of nitrogen functional groups attached to an aromatic ring is 1. The van der Waals surface area contributed by atoms with Crippen LogP contribution >= 0.6 is 11.8 Å². The third kappa shape index (κ3) is 3.93. The third-order valence-electron chi connectivity index (χ3n) is 2.75. The van der Waals surface area contributed by atoms with Crippen molar-refractivity contribution in [3.8, 4) is 0 Å². The fraction of sp³-hybridized carbons (Fsp3) is 0.500. The molecule has 0 aromatic carbocycles. The monoisotopic (exact) mass is 253 g/mol. The molecule has 2 N–H and O–H groups in total. The summed E-state index contributed by atoms with van der Waals surface area (Å²) in [6.45, 7) is 2.05. The normalized spacial score (nSPS) is 12.2. The molecule has 1 amide bonds. The van der Waals surface area contributed by atoms with Gasteiger partial charge in [-0.1, -0.05) is 0 Å². The van der Waals surface area contributed by atoms with Crippen LogP contribution in [0.4, 0.5) is 5.82 Å². The molecule has 1 unspecified atom stereocenters. The van der Waals surface area contributed by atoms with Crippen molar-refractivity contribution in [3.05, 3.63) is 23.9 Å². The van der Waals surface area contributed by atoms with Crippen LogP contribution in [0.3, 0.4) is 0 Å². The van der Waals surface area contributed by atoms with Gasteiger partial charge >= 0.3 is 0 Å². The Morgan fingerprint density at radius 3 is 2.82 bits per heavy atom. The summed E-state index contributed by atoms with van der Waals surface area (Å²) in [4.78, 5) is 17.8. The first kappa shape index (κ1) is 13.8. The number of pyridine rings is 1. The minimum absolute atomic E-state index is 0.00824.